The molecule has 2 atom stereocenters. The van der Waals surface area contributed by atoms with Gasteiger partial charge < -0.3 is 10.4 Å². The Morgan fingerprint density at radius 1 is 1.16 bits per heavy atom. The molecule has 2 N–H and O–H groups in total. The molecule has 0 spiro atoms. The highest BCUT2D eigenvalue weighted by Gasteiger charge is 2.40. The summed E-state index contributed by atoms with van der Waals surface area (Å²) in [5.41, 5.74) is 7.43. The molecule has 4 rings (SSSR count). The average molecular weight is 251 g/mol. The van der Waals surface area contributed by atoms with Gasteiger partial charge in [-0.1, -0.05) is 24.3 Å². The molecular weight excluding hydrogens is 234 g/mol. The first-order valence-corrected chi connectivity index (χ1v) is 6.84. The predicted molar refractivity (Wildman–Crippen MR) is 76.8 cm³/mol. The van der Waals surface area contributed by atoms with Gasteiger partial charge in [0.2, 0.25) is 0 Å². The Kier molecular flexibility index (Phi) is 2.03. The van der Waals surface area contributed by atoms with E-state index in [1.807, 2.05) is 13.8 Å². The fraction of sp³-hybridized carbons (Fsp3) is 0.294. The zero-order chi connectivity index (χ0) is 13.1. The molecule has 1 aliphatic carbocycles. The number of nitrogens with one attached hydrogen (secondary N) is 1. The largest absolute Gasteiger partial charge is 0.507 e. The van der Waals surface area contributed by atoms with Crippen molar-refractivity contribution in [3.05, 3.63) is 58.1 Å². The quantitative estimate of drug-likeness (QED) is 0.746. The van der Waals surface area contributed by atoms with E-state index in [0.717, 1.165) is 17.5 Å². The first-order valence-electron chi connectivity index (χ1n) is 6.84. The van der Waals surface area contributed by atoms with E-state index in [-0.39, 0.29) is 0 Å². The van der Waals surface area contributed by atoms with Crippen molar-refractivity contribution in [3.63, 3.8) is 0 Å². The highest BCUT2D eigenvalue weighted by molar-refractivity contribution is 5.66. The topological polar surface area (TPSA) is 32.3 Å². The predicted octanol–water partition coefficient (Wildman–Crippen LogP) is 3.82. The van der Waals surface area contributed by atoms with E-state index < -0.39 is 0 Å². The smallest absolute Gasteiger partial charge is 0.121 e. The summed E-state index contributed by atoms with van der Waals surface area (Å²) in [6, 6.07) is 11.1. The Labute approximate surface area is 113 Å². The average Bonchev–Trinajstić information content (AvgIpc) is 2.93. The van der Waals surface area contributed by atoms with Gasteiger partial charge in [-0.3, -0.25) is 0 Å². The maximum absolute atomic E-state index is 10.1. The Morgan fingerprint density at radius 2 is 1.95 bits per heavy atom. The first kappa shape index (κ1) is 10.9. The minimum Gasteiger partial charge on any atom is -0.507 e. The number of benzene rings is 2. The number of phenolic OH excluding ortho intramolecular Hbond substituents is 1. The SMILES string of the molecule is Cc1cc2c(c(C)c1O)C[C@@H]1c3ccccc3N[C@H]21. The molecule has 19 heavy (non-hydrogen) atoms. The van der Waals surface area contributed by atoms with Crippen LogP contribution >= 0.6 is 0 Å². The lowest BCUT2D eigenvalue weighted by atomic mass is 9.96. The first-order chi connectivity index (χ1) is 9.16. The summed E-state index contributed by atoms with van der Waals surface area (Å²) >= 11 is 0. The number of aryl methyl sites for hydroxylation is 1. The Hall–Kier alpha value is -1.96. The summed E-state index contributed by atoms with van der Waals surface area (Å²) in [5, 5.41) is 13.8. The summed E-state index contributed by atoms with van der Waals surface area (Å²) in [5.74, 6) is 0.984. The second-order valence-corrected chi connectivity index (χ2v) is 5.75. The molecule has 0 fully saturated rings. The number of fused-ring (bicyclic) bond motifs is 5. The van der Waals surface area contributed by atoms with Crippen LogP contribution in [0.2, 0.25) is 0 Å². The molecule has 96 valence electrons. The molecule has 0 radical (unpaired) electrons. The minimum atomic E-state index is 0.380. The van der Waals surface area contributed by atoms with Gasteiger partial charge in [0.1, 0.15) is 5.75 Å². The summed E-state index contributed by atoms with van der Waals surface area (Å²) in [6.45, 7) is 4.02. The normalized spacial score (nSPS) is 22.6. The van der Waals surface area contributed by atoms with Crippen molar-refractivity contribution < 1.29 is 5.11 Å². The van der Waals surface area contributed by atoms with E-state index in [2.05, 4.69) is 35.6 Å². The number of para-hydroxylation sites is 1. The molecule has 0 saturated carbocycles. The number of hydrogen-bond acceptors (Lipinski definition) is 2. The molecule has 0 aromatic heterocycles. The van der Waals surface area contributed by atoms with Crippen LogP contribution in [0.25, 0.3) is 0 Å². The van der Waals surface area contributed by atoms with Crippen LogP contribution in [-0.2, 0) is 6.42 Å². The molecule has 1 aliphatic heterocycles. The van der Waals surface area contributed by atoms with Crippen LogP contribution in [-0.4, -0.2) is 5.11 Å². The standard InChI is InChI=1S/C17H17NO/c1-9-7-13-12(10(2)17(9)19)8-14-11-5-3-4-6-15(11)18-16(13)14/h3-7,14,16,18-19H,8H2,1-2H3/t14-,16-/m1/s1. The third kappa shape index (κ3) is 1.31. The van der Waals surface area contributed by atoms with Crippen molar-refractivity contribution in [2.45, 2.75) is 32.2 Å². The van der Waals surface area contributed by atoms with Crippen LogP contribution in [0.1, 0.15) is 39.8 Å². The van der Waals surface area contributed by atoms with Gasteiger partial charge in [0.25, 0.3) is 0 Å². The summed E-state index contributed by atoms with van der Waals surface area (Å²) in [6.07, 6.45) is 1.03. The third-order valence-electron chi connectivity index (χ3n) is 4.73. The molecule has 2 heteroatoms. The zero-order valence-electron chi connectivity index (χ0n) is 11.2. The molecule has 2 aromatic rings. The fourth-order valence-electron chi connectivity index (χ4n) is 3.73. The maximum Gasteiger partial charge on any atom is 0.121 e. The van der Waals surface area contributed by atoms with Crippen molar-refractivity contribution in [2.75, 3.05) is 5.32 Å². The van der Waals surface area contributed by atoms with Crippen molar-refractivity contribution in [3.8, 4) is 5.75 Å². The van der Waals surface area contributed by atoms with E-state index in [9.17, 15) is 5.11 Å². The van der Waals surface area contributed by atoms with Gasteiger partial charge in [-0.15, -0.1) is 0 Å². The van der Waals surface area contributed by atoms with Gasteiger partial charge in [-0.05, 0) is 54.2 Å². The number of hydrogen-bond donors (Lipinski definition) is 2. The van der Waals surface area contributed by atoms with Crippen LogP contribution in [0.15, 0.2) is 30.3 Å². The number of phenols is 1. The zero-order valence-corrected chi connectivity index (χ0v) is 11.2. The van der Waals surface area contributed by atoms with Gasteiger partial charge in [-0.2, -0.15) is 0 Å². The van der Waals surface area contributed by atoms with Gasteiger partial charge in [0, 0.05) is 11.6 Å². The highest BCUT2D eigenvalue weighted by atomic mass is 16.3. The molecular formula is C17H17NO. The molecule has 2 aromatic carbocycles. The van der Waals surface area contributed by atoms with Crippen LogP contribution in [0.5, 0.6) is 5.75 Å². The lowest BCUT2D eigenvalue weighted by Crippen LogP contribution is -2.05. The monoisotopic (exact) mass is 251 g/mol. The second kappa shape index (κ2) is 3.53. The Morgan fingerprint density at radius 3 is 2.79 bits per heavy atom. The van der Waals surface area contributed by atoms with Gasteiger partial charge >= 0.3 is 0 Å². The number of anilines is 1. The van der Waals surface area contributed by atoms with Crippen molar-refractivity contribution in [2.24, 2.45) is 0 Å². The molecule has 2 aliphatic rings. The van der Waals surface area contributed by atoms with E-state index in [1.54, 1.807) is 0 Å². The Bertz CT molecular complexity index is 690. The van der Waals surface area contributed by atoms with Gasteiger partial charge in [0.15, 0.2) is 0 Å². The maximum atomic E-state index is 10.1. The van der Waals surface area contributed by atoms with E-state index in [0.29, 0.717) is 17.7 Å². The summed E-state index contributed by atoms with van der Waals surface area (Å²) < 4.78 is 0. The third-order valence-corrected chi connectivity index (χ3v) is 4.73. The lowest BCUT2D eigenvalue weighted by molar-refractivity contribution is 0.466. The fourth-order valence-corrected chi connectivity index (χ4v) is 3.73. The van der Waals surface area contributed by atoms with E-state index >= 15 is 0 Å². The lowest BCUT2D eigenvalue weighted by Gasteiger charge is -2.14. The molecule has 0 bridgehead atoms. The summed E-state index contributed by atoms with van der Waals surface area (Å²) in [4.78, 5) is 0. The molecule has 0 saturated heterocycles. The number of rotatable bonds is 0. The number of aromatic hydroxyl groups is 1. The minimum absolute atomic E-state index is 0.380. The van der Waals surface area contributed by atoms with Crippen LogP contribution in [0.4, 0.5) is 5.69 Å². The second-order valence-electron chi connectivity index (χ2n) is 5.75. The Balaban J connectivity index is 1.88. The van der Waals surface area contributed by atoms with Crippen LogP contribution in [0, 0.1) is 13.8 Å². The van der Waals surface area contributed by atoms with Gasteiger partial charge in [-0.25, -0.2) is 0 Å². The van der Waals surface area contributed by atoms with E-state index in [1.165, 1.54) is 22.4 Å². The van der Waals surface area contributed by atoms with Crippen LogP contribution < -0.4 is 5.32 Å². The van der Waals surface area contributed by atoms with E-state index in [4.69, 9.17) is 0 Å². The summed E-state index contributed by atoms with van der Waals surface area (Å²) in [7, 11) is 0. The van der Waals surface area contributed by atoms with Crippen molar-refractivity contribution in [1.82, 2.24) is 0 Å². The molecule has 0 unspecified atom stereocenters. The van der Waals surface area contributed by atoms with Crippen LogP contribution in [0.3, 0.4) is 0 Å². The van der Waals surface area contributed by atoms with Gasteiger partial charge in [0.05, 0.1) is 6.04 Å². The molecule has 1 heterocycles. The molecule has 0 amide bonds. The van der Waals surface area contributed by atoms with Crippen molar-refractivity contribution >= 4 is 5.69 Å². The van der Waals surface area contributed by atoms with Crippen molar-refractivity contribution in [1.29, 1.82) is 0 Å². The highest BCUT2D eigenvalue weighted by Crippen LogP contribution is 2.53. The molecule has 2 nitrogen and oxygen atoms in total.